The molecule has 2 fully saturated rings. The number of Topliss-reactive ketones (excluding diaryl/α,β-unsaturated/α-hetero) is 1. The molecule has 1 atom stereocenters. The second-order valence-electron chi connectivity index (χ2n) is 3.87. The van der Waals surface area contributed by atoms with Gasteiger partial charge < -0.3 is 5.11 Å². The van der Waals surface area contributed by atoms with Gasteiger partial charge >= 0.3 is 0 Å². The van der Waals surface area contributed by atoms with Crippen molar-refractivity contribution >= 4 is 5.78 Å². The fourth-order valence-electron chi connectivity index (χ4n) is 2.03. The van der Waals surface area contributed by atoms with Crippen molar-refractivity contribution in [3.63, 3.8) is 0 Å². The maximum absolute atomic E-state index is 11.3. The van der Waals surface area contributed by atoms with Crippen LogP contribution < -0.4 is 0 Å². The van der Waals surface area contributed by atoms with Crippen LogP contribution in [-0.4, -0.2) is 16.5 Å². The summed E-state index contributed by atoms with van der Waals surface area (Å²) in [5.41, 5.74) is -0.558. The molecule has 2 nitrogen and oxygen atoms in total. The zero-order valence-corrected chi connectivity index (χ0v) is 6.68. The normalized spacial score (nSPS) is 35.4. The Morgan fingerprint density at radius 2 is 2.09 bits per heavy atom. The van der Waals surface area contributed by atoms with E-state index in [2.05, 4.69) is 0 Å². The number of rotatable bonds is 1. The molecule has 0 aliphatic heterocycles. The molecule has 2 heteroatoms. The average Bonchev–Trinajstić information content (AvgIpc) is 2.70. The Morgan fingerprint density at radius 1 is 1.36 bits per heavy atom. The van der Waals surface area contributed by atoms with Gasteiger partial charge in [0.1, 0.15) is 5.78 Å². The molecule has 1 N–H and O–H groups in total. The van der Waals surface area contributed by atoms with Gasteiger partial charge in [-0.15, -0.1) is 0 Å². The minimum absolute atomic E-state index is 0.00347. The van der Waals surface area contributed by atoms with Gasteiger partial charge in [0.2, 0.25) is 0 Å². The Hall–Kier alpha value is -0.370. The van der Waals surface area contributed by atoms with Crippen LogP contribution in [0.25, 0.3) is 0 Å². The first-order valence-corrected chi connectivity index (χ1v) is 4.47. The average molecular weight is 154 g/mol. The highest BCUT2D eigenvalue weighted by Gasteiger charge is 2.50. The van der Waals surface area contributed by atoms with Crippen LogP contribution in [0.5, 0.6) is 0 Å². The minimum atomic E-state index is -0.558. The van der Waals surface area contributed by atoms with E-state index in [4.69, 9.17) is 0 Å². The molecule has 0 radical (unpaired) electrons. The maximum atomic E-state index is 11.3. The van der Waals surface area contributed by atoms with E-state index < -0.39 is 5.60 Å². The van der Waals surface area contributed by atoms with E-state index in [1.165, 1.54) is 0 Å². The summed E-state index contributed by atoms with van der Waals surface area (Å²) in [6.07, 6.45) is 5.49. The molecule has 2 rings (SSSR count). The summed E-state index contributed by atoms with van der Waals surface area (Å²) >= 11 is 0. The van der Waals surface area contributed by atoms with Gasteiger partial charge in [0.25, 0.3) is 0 Å². The van der Waals surface area contributed by atoms with Crippen molar-refractivity contribution in [1.82, 2.24) is 0 Å². The van der Waals surface area contributed by atoms with Gasteiger partial charge in [0.05, 0.1) is 5.60 Å². The van der Waals surface area contributed by atoms with Crippen LogP contribution in [0.4, 0.5) is 0 Å². The third kappa shape index (κ3) is 1.20. The van der Waals surface area contributed by atoms with Crippen molar-refractivity contribution in [1.29, 1.82) is 0 Å². The lowest BCUT2D eigenvalue weighted by Gasteiger charge is -2.24. The molecule has 0 bridgehead atoms. The Morgan fingerprint density at radius 3 is 2.64 bits per heavy atom. The van der Waals surface area contributed by atoms with Gasteiger partial charge in [0.15, 0.2) is 0 Å². The third-order valence-corrected chi connectivity index (χ3v) is 2.97. The SMILES string of the molecule is O=C1CCCC[C@@H]1C1(O)CC1. The molecule has 11 heavy (non-hydrogen) atoms. The molecule has 2 aliphatic carbocycles. The topological polar surface area (TPSA) is 37.3 Å². The highest BCUT2D eigenvalue weighted by molar-refractivity contribution is 5.83. The van der Waals surface area contributed by atoms with Crippen molar-refractivity contribution in [3.8, 4) is 0 Å². The highest BCUT2D eigenvalue weighted by atomic mass is 16.3. The Kier molecular flexibility index (Phi) is 1.53. The number of ketones is 1. The molecule has 0 aromatic heterocycles. The van der Waals surface area contributed by atoms with Crippen LogP contribution in [0, 0.1) is 5.92 Å². The second kappa shape index (κ2) is 2.31. The zero-order chi connectivity index (χ0) is 7.90. The molecule has 2 aliphatic rings. The lowest BCUT2D eigenvalue weighted by molar-refractivity contribution is -0.129. The summed E-state index contributed by atoms with van der Waals surface area (Å²) in [6, 6.07) is 0. The van der Waals surface area contributed by atoms with Crippen LogP contribution >= 0.6 is 0 Å². The summed E-state index contributed by atoms with van der Waals surface area (Å²) in [5.74, 6) is 0.299. The van der Waals surface area contributed by atoms with Gasteiger partial charge in [-0.2, -0.15) is 0 Å². The fraction of sp³-hybridized carbons (Fsp3) is 0.889. The predicted octanol–water partition coefficient (Wildman–Crippen LogP) is 1.27. The first-order valence-electron chi connectivity index (χ1n) is 4.47. The van der Waals surface area contributed by atoms with Crippen molar-refractivity contribution in [2.45, 2.75) is 44.1 Å². The van der Waals surface area contributed by atoms with E-state index in [1.54, 1.807) is 0 Å². The fourth-order valence-corrected chi connectivity index (χ4v) is 2.03. The summed E-state index contributed by atoms with van der Waals surface area (Å²) in [7, 11) is 0. The van der Waals surface area contributed by atoms with E-state index >= 15 is 0 Å². The van der Waals surface area contributed by atoms with Crippen molar-refractivity contribution in [3.05, 3.63) is 0 Å². The van der Waals surface area contributed by atoms with Gasteiger partial charge in [-0.25, -0.2) is 0 Å². The van der Waals surface area contributed by atoms with E-state index in [-0.39, 0.29) is 5.92 Å². The van der Waals surface area contributed by atoms with E-state index in [0.29, 0.717) is 12.2 Å². The van der Waals surface area contributed by atoms with Crippen LogP contribution in [0.1, 0.15) is 38.5 Å². The molecule has 0 aromatic rings. The number of hydrogen-bond donors (Lipinski definition) is 1. The Balaban J connectivity index is 2.05. The molecule has 0 heterocycles. The summed E-state index contributed by atoms with van der Waals surface area (Å²) < 4.78 is 0. The zero-order valence-electron chi connectivity index (χ0n) is 6.68. The number of hydrogen-bond acceptors (Lipinski definition) is 2. The van der Waals surface area contributed by atoms with E-state index in [1.807, 2.05) is 0 Å². The van der Waals surface area contributed by atoms with Crippen molar-refractivity contribution < 1.29 is 9.90 Å². The molecule has 0 amide bonds. The number of carbonyl (C=O) groups is 1. The molecule has 0 spiro atoms. The molecule has 0 saturated heterocycles. The molecule has 0 aromatic carbocycles. The molecule has 0 unspecified atom stereocenters. The monoisotopic (exact) mass is 154 g/mol. The van der Waals surface area contributed by atoms with Crippen molar-refractivity contribution in [2.75, 3.05) is 0 Å². The standard InChI is InChI=1S/C9H14O2/c10-8-4-2-1-3-7(8)9(11)5-6-9/h7,11H,1-6H2/t7-/m0/s1. The largest absolute Gasteiger partial charge is 0.389 e. The lowest BCUT2D eigenvalue weighted by atomic mass is 9.83. The van der Waals surface area contributed by atoms with Gasteiger partial charge in [-0.05, 0) is 25.7 Å². The van der Waals surface area contributed by atoms with Gasteiger partial charge in [-0.3, -0.25) is 4.79 Å². The second-order valence-corrected chi connectivity index (χ2v) is 3.87. The quantitative estimate of drug-likeness (QED) is 0.617. The van der Waals surface area contributed by atoms with E-state index in [0.717, 1.165) is 32.1 Å². The summed E-state index contributed by atoms with van der Waals surface area (Å²) in [5, 5.41) is 9.70. The first kappa shape index (κ1) is 7.29. The van der Waals surface area contributed by atoms with Gasteiger partial charge in [-0.1, -0.05) is 6.42 Å². The summed E-state index contributed by atoms with van der Waals surface area (Å²) in [6.45, 7) is 0. The third-order valence-electron chi connectivity index (χ3n) is 2.97. The number of aliphatic hydroxyl groups is 1. The van der Waals surface area contributed by atoms with Crippen LogP contribution in [0.2, 0.25) is 0 Å². The minimum Gasteiger partial charge on any atom is -0.389 e. The predicted molar refractivity (Wildman–Crippen MR) is 41.1 cm³/mol. The van der Waals surface area contributed by atoms with Crippen LogP contribution in [0.15, 0.2) is 0 Å². The van der Waals surface area contributed by atoms with E-state index in [9.17, 15) is 9.90 Å². The molecular weight excluding hydrogens is 140 g/mol. The first-order chi connectivity index (χ1) is 5.22. The highest BCUT2D eigenvalue weighted by Crippen LogP contribution is 2.46. The molecule has 62 valence electrons. The Bertz CT molecular complexity index is 182. The lowest BCUT2D eigenvalue weighted by Crippen LogP contribution is -2.32. The van der Waals surface area contributed by atoms with Crippen LogP contribution in [0.3, 0.4) is 0 Å². The maximum Gasteiger partial charge on any atom is 0.138 e. The molecule has 2 saturated carbocycles. The summed E-state index contributed by atoms with van der Waals surface area (Å²) in [4.78, 5) is 11.3. The smallest absolute Gasteiger partial charge is 0.138 e. The number of carbonyl (C=O) groups excluding carboxylic acids is 1. The van der Waals surface area contributed by atoms with Crippen LogP contribution in [-0.2, 0) is 4.79 Å². The van der Waals surface area contributed by atoms with Gasteiger partial charge in [0, 0.05) is 12.3 Å². The Labute approximate surface area is 66.6 Å². The van der Waals surface area contributed by atoms with Crippen molar-refractivity contribution in [2.24, 2.45) is 5.92 Å². The molecular formula is C9H14O2.